The minimum atomic E-state index is -0.738. The Morgan fingerprint density at radius 3 is 2.41 bits per heavy atom. The molecule has 0 aliphatic rings. The van der Waals surface area contributed by atoms with Crippen molar-refractivity contribution in [3.63, 3.8) is 0 Å². The van der Waals surface area contributed by atoms with Gasteiger partial charge in [-0.15, -0.1) is 0 Å². The lowest BCUT2D eigenvalue weighted by molar-refractivity contribution is -0.142. The normalized spacial score (nSPS) is 11.6. The molecule has 0 aliphatic carbocycles. The Labute approximate surface area is 160 Å². The van der Waals surface area contributed by atoms with Gasteiger partial charge >= 0.3 is 5.97 Å². The van der Waals surface area contributed by atoms with Crippen molar-refractivity contribution in [2.75, 3.05) is 13.2 Å². The maximum absolute atomic E-state index is 11.9. The third-order valence-electron chi connectivity index (χ3n) is 4.35. The van der Waals surface area contributed by atoms with Gasteiger partial charge in [-0.25, -0.2) is 0 Å². The number of carbonyl (C=O) groups excluding carboxylic acids is 1. The summed E-state index contributed by atoms with van der Waals surface area (Å²) in [7, 11) is 0. The molecule has 0 bridgehead atoms. The molecular weight excluding hydrogens is 342 g/mol. The number of carboxylic acids is 1. The van der Waals surface area contributed by atoms with Crippen LogP contribution in [-0.2, 0) is 11.2 Å². The van der Waals surface area contributed by atoms with Gasteiger partial charge in [0.15, 0.2) is 0 Å². The van der Waals surface area contributed by atoms with Crippen molar-refractivity contribution in [1.82, 2.24) is 5.32 Å². The lowest BCUT2D eigenvalue weighted by Gasteiger charge is -2.12. The second-order valence-corrected chi connectivity index (χ2v) is 6.50. The van der Waals surface area contributed by atoms with Gasteiger partial charge in [0.25, 0.3) is 5.91 Å². The first-order chi connectivity index (χ1) is 13.1. The fraction of sp³-hybridized carbons (Fsp3) is 0.364. The molecule has 1 atom stereocenters. The number of benzene rings is 2. The van der Waals surface area contributed by atoms with Crippen LogP contribution in [0, 0.1) is 5.92 Å². The number of carboxylic acid groups (broad SMARTS) is 1. The van der Waals surface area contributed by atoms with E-state index in [0.29, 0.717) is 37.3 Å². The van der Waals surface area contributed by atoms with Crippen LogP contribution >= 0.6 is 0 Å². The van der Waals surface area contributed by atoms with Gasteiger partial charge in [0.2, 0.25) is 0 Å². The molecule has 2 rings (SSSR count). The number of amides is 1. The zero-order chi connectivity index (χ0) is 19.5. The van der Waals surface area contributed by atoms with Crippen molar-refractivity contribution in [2.24, 2.45) is 5.92 Å². The standard InChI is InChI=1S/C22H27NO4/c1-2-3-7-19(22(25)26)16-17-10-12-20(13-11-17)27-15-14-23-21(24)18-8-5-4-6-9-18/h4-6,8-13,19H,2-3,7,14-16H2,1H3,(H,23,24)(H,25,26). The summed E-state index contributed by atoms with van der Waals surface area (Å²) < 4.78 is 5.63. The van der Waals surface area contributed by atoms with Crippen molar-refractivity contribution in [3.05, 3.63) is 65.7 Å². The zero-order valence-electron chi connectivity index (χ0n) is 15.7. The van der Waals surface area contributed by atoms with Crippen molar-refractivity contribution in [1.29, 1.82) is 0 Å². The molecule has 1 amide bonds. The highest BCUT2D eigenvalue weighted by molar-refractivity contribution is 5.94. The summed E-state index contributed by atoms with van der Waals surface area (Å²) in [6, 6.07) is 16.5. The molecule has 2 aromatic carbocycles. The lowest BCUT2D eigenvalue weighted by Crippen LogP contribution is -2.28. The SMILES string of the molecule is CCCCC(Cc1ccc(OCCNC(=O)c2ccccc2)cc1)C(=O)O. The highest BCUT2D eigenvalue weighted by atomic mass is 16.5. The van der Waals surface area contributed by atoms with E-state index in [2.05, 4.69) is 12.2 Å². The first-order valence-corrected chi connectivity index (χ1v) is 9.38. The summed E-state index contributed by atoms with van der Waals surface area (Å²) in [4.78, 5) is 23.3. The molecule has 0 spiro atoms. The lowest BCUT2D eigenvalue weighted by atomic mass is 9.94. The number of aliphatic carboxylic acids is 1. The Balaban J connectivity index is 1.75. The van der Waals surface area contributed by atoms with Gasteiger partial charge in [-0.1, -0.05) is 50.1 Å². The molecule has 27 heavy (non-hydrogen) atoms. The van der Waals surface area contributed by atoms with E-state index in [1.54, 1.807) is 12.1 Å². The minimum Gasteiger partial charge on any atom is -0.492 e. The smallest absolute Gasteiger partial charge is 0.306 e. The predicted octanol–water partition coefficient (Wildman–Crippen LogP) is 3.93. The number of unbranched alkanes of at least 4 members (excludes halogenated alkanes) is 1. The number of carbonyl (C=O) groups is 2. The Morgan fingerprint density at radius 1 is 1.07 bits per heavy atom. The van der Waals surface area contributed by atoms with E-state index in [-0.39, 0.29) is 11.8 Å². The molecule has 2 aromatic rings. The first kappa shape index (κ1) is 20.5. The minimum absolute atomic E-state index is 0.124. The highest BCUT2D eigenvalue weighted by Gasteiger charge is 2.17. The van der Waals surface area contributed by atoms with Crippen LogP contribution in [0.25, 0.3) is 0 Å². The number of nitrogens with one attached hydrogen (secondary N) is 1. The van der Waals surface area contributed by atoms with E-state index in [9.17, 15) is 14.7 Å². The molecule has 5 heteroatoms. The Kier molecular flexibility index (Phi) is 8.36. The van der Waals surface area contributed by atoms with Gasteiger partial charge < -0.3 is 15.2 Å². The fourth-order valence-corrected chi connectivity index (χ4v) is 2.79. The summed E-state index contributed by atoms with van der Waals surface area (Å²) in [6.45, 7) is 2.84. The molecule has 144 valence electrons. The molecule has 0 heterocycles. The van der Waals surface area contributed by atoms with E-state index >= 15 is 0 Å². The number of rotatable bonds is 11. The van der Waals surface area contributed by atoms with Crippen LogP contribution in [-0.4, -0.2) is 30.1 Å². The van der Waals surface area contributed by atoms with Gasteiger partial charge in [0, 0.05) is 5.56 Å². The fourth-order valence-electron chi connectivity index (χ4n) is 2.79. The maximum atomic E-state index is 11.9. The Morgan fingerprint density at radius 2 is 1.78 bits per heavy atom. The average molecular weight is 369 g/mol. The molecule has 0 aromatic heterocycles. The van der Waals surface area contributed by atoms with Crippen molar-refractivity contribution >= 4 is 11.9 Å². The summed E-state index contributed by atoms with van der Waals surface area (Å²) in [5.74, 6) is -0.502. The Bertz CT molecular complexity index is 713. The number of ether oxygens (including phenoxy) is 1. The highest BCUT2D eigenvalue weighted by Crippen LogP contribution is 2.18. The first-order valence-electron chi connectivity index (χ1n) is 9.38. The van der Waals surface area contributed by atoms with Gasteiger partial charge in [-0.2, -0.15) is 0 Å². The van der Waals surface area contributed by atoms with E-state index in [1.807, 2.05) is 42.5 Å². The van der Waals surface area contributed by atoms with Crippen LogP contribution in [0.1, 0.15) is 42.1 Å². The topological polar surface area (TPSA) is 75.6 Å². The van der Waals surface area contributed by atoms with E-state index in [4.69, 9.17) is 4.74 Å². The van der Waals surface area contributed by atoms with Crippen molar-refractivity contribution in [2.45, 2.75) is 32.6 Å². The summed E-state index contributed by atoms with van der Waals surface area (Å²) in [5, 5.41) is 12.1. The molecule has 2 N–H and O–H groups in total. The molecular formula is C22H27NO4. The van der Waals surface area contributed by atoms with Crippen LogP contribution in [0.3, 0.4) is 0 Å². The molecule has 0 saturated heterocycles. The second kappa shape index (κ2) is 11.0. The van der Waals surface area contributed by atoms with Crippen LogP contribution in [0.15, 0.2) is 54.6 Å². The molecule has 0 aliphatic heterocycles. The van der Waals surface area contributed by atoms with Crippen LogP contribution < -0.4 is 10.1 Å². The summed E-state index contributed by atoms with van der Waals surface area (Å²) in [6.07, 6.45) is 3.15. The van der Waals surface area contributed by atoms with E-state index in [1.165, 1.54) is 0 Å². The quantitative estimate of drug-likeness (QED) is 0.589. The van der Waals surface area contributed by atoms with Crippen LogP contribution in [0.4, 0.5) is 0 Å². The average Bonchev–Trinajstić information content (AvgIpc) is 2.69. The molecule has 1 unspecified atom stereocenters. The van der Waals surface area contributed by atoms with E-state index < -0.39 is 5.97 Å². The summed E-state index contributed by atoms with van der Waals surface area (Å²) >= 11 is 0. The third kappa shape index (κ3) is 7.13. The third-order valence-corrected chi connectivity index (χ3v) is 4.35. The van der Waals surface area contributed by atoms with Crippen molar-refractivity contribution < 1.29 is 19.4 Å². The van der Waals surface area contributed by atoms with Crippen molar-refractivity contribution in [3.8, 4) is 5.75 Å². The number of hydrogen-bond acceptors (Lipinski definition) is 3. The number of hydrogen-bond donors (Lipinski definition) is 2. The van der Waals surface area contributed by atoms with Gasteiger partial charge in [-0.3, -0.25) is 9.59 Å². The van der Waals surface area contributed by atoms with Gasteiger partial charge in [0.05, 0.1) is 12.5 Å². The second-order valence-electron chi connectivity index (χ2n) is 6.50. The molecule has 0 saturated carbocycles. The molecule has 0 fully saturated rings. The maximum Gasteiger partial charge on any atom is 0.306 e. The van der Waals surface area contributed by atoms with Gasteiger partial charge in [-0.05, 0) is 42.7 Å². The van der Waals surface area contributed by atoms with E-state index in [0.717, 1.165) is 18.4 Å². The molecule has 5 nitrogen and oxygen atoms in total. The Hall–Kier alpha value is -2.82. The molecule has 0 radical (unpaired) electrons. The summed E-state index contributed by atoms with van der Waals surface area (Å²) in [5.41, 5.74) is 1.61. The monoisotopic (exact) mass is 369 g/mol. The van der Waals surface area contributed by atoms with Crippen LogP contribution in [0.2, 0.25) is 0 Å². The van der Waals surface area contributed by atoms with Gasteiger partial charge in [0.1, 0.15) is 12.4 Å². The zero-order valence-corrected chi connectivity index (χ0v) is 15.7. The predicted molar refractivity (Wildman–Crippen MR) is 105 cm³/mol. The largest absolute Gasteiger partial charge is 0.492 e. The van der Waals surface area contributed by atoms with Crippen LogP contribution in [0.5, 0.6) is 5.75 Å².